The Morgan fingerprint density at radius 3 is 2.43 bits per heavy atom. The minimum Gasteiger partial charge on any atom is -0.351 e. The Kier molecular flexibility index (Phi) is 7.07. The lowest BCUT2D eigenvalue weighted by Crippen LogP contribution is -2.50. The van der Waals surface area contributed by atoms with Crippen LogP contribution < -0.4 is 10.6 Å². The fourth-order valence-corrected chi connectivity index (χ4v) is 5.69. The van der Waals surface area contributed by atoms with Gasteiger partial charge >= 0.3 is 6.03 Å². The van der Waals surface area contributed by atoms with Crippen molar-refractivity contribution < 1.29 is 9.18 Å². The number of rotatable bonds is 8. The number of halogens is 1. The zero-order valence-corrected chi connectivity index (χ0v) is 23.0. The monoisotopic (exact) mass is 501 g/mol. The number of nitrogens with two attached hydrogens (primary N) is 1. The van der Waals surface area contributed by atoms with Crippen molar-refractivity contribution in [1.82, 2.24) is 14.7 Å². The summed E-state index contributed by atoms with van der Waals surface area (Å²) in [5.41, 5.74) is 8.73. The van der Waals surface area contributed by atoms with Crippen LogP contribution in [0.5, 0.6) is 0 Å². The molecule has 0 spiro atoms. The maximum Gasteiger partial charge on any atom is 0.320 e. The summed E-state index contributed by atoms with van der Waals surface area (Å²) in [7, 11) is 6.53. The molecule has 0 radical (unpaired) electrons. The number of urea groups is 1. The Hall–Kier alpha value is -1.98. The van der Waals surface area contributed by atoms with Crippen molar-refractivity contribution in [3.63, 3.8) is 0 Å². The lowest BCUT2D eigenvalue weighted by Gasteiger charge is -2.50. The van der Waals surface area contributed by atoms with Gasteiger partial charge in [0.25, 0.3) is 0 Å². The maximum atomic E-state index is 14.8. The number of benzene rings is 1. The summed E-state index contributed by atoms with van der Waals surface area (Å²) in [4.78, 5) is 16.7. The smallest absolute Gasteiger partial charge is 0.320 e. The van der Waals surface area contributed by atoms with Gasteiger partial charge in [-0.2, -0.15) is 5.10 Å². The maximum absolute atomic E-state index is 14.8. The first-order valence-electron chi connectivity index (χ1n) is 12.7. The molecular formula is C27H41FN5OP. The fourth-order valence-electron chi connectivity index (χ4n) is 5.55. The van der Waals surface area contributed by atoms with Gasteiger partial charge in [-0.1, -0.05) is 46.0 Å². The van der Waals surface area contributed by atoms with Gasteiger partial charge in [-0.15, -0.1) is 0 Å². The predicted molar refractivity (Wildman–Crippen MR) is 143 cm³/mol. The standard InChI is InChI=1S/C27H41FN5OP/c1-19-7-6-8-21(15-19)27(31(4)5)13-11-25(2,12-14-27)18-32(24(29)34)23-16-22(26(3,28)35)30-33(23)17-20-9-10-20/h6-8,15-16,20H,9-14,17-18,35H2,1-5H3,(H2,29,34)/t25-,26?,27-. The molecule has 0 aliphatic heterocycles. The van der Waals surface area contributed by atoms with Gasteiger partial charge in [0.2, 0.25) is 0 Å². The topological polar surface area (TPSA) is 67.4 Å². The summed E-state index contributed by atoms with van der Waals surface area (Å²) >= 11 is 0. The molecule has 2 atom stereocenters. The lowest BCUT2D eigenvalue weighted by molar-refractivity contribution is 0.0458. The van der Waals surface area contributed by atoms with Gasteiger partial charge in [0.15, 0.2) is 5.41 Å². The Labute approximate surface area is 211 Å². The van der Waals surface area contributed by atoms with Crippen molar-refractivity contribution in [2.75, 3.05) is 25.5 Å². The van der Waals surface area contributed by atoms with Gasteiger partial charge in [-0.25, -0.2) is 13.9 Å². The summed E-state index contributed by atoms with van der Waals surface area (Å²) in [6.07, 6.45) is 6.18. The number of hydrogen-bond donors (Lipinski definition) is 1. The number of hydrogen-bond acceptors (Lipinski definition) is 3. The van der Waals surface area contributed by atoms with E-state index in [9.17, 15) is 9.18 Å². The molecule has 192 valence electrons. The van der Waals surface area contributed by atoms with Crippen molar-refractivity contribution in [2.45, 2.75) is 76.8 Å². The van der Waals surface area contributed by atoms with Crippen LogP contribution in [0.3, 0.4) is 0 Å². The van der Waals surface area contributed by atoms with Crippen LogP contribution in [0, 0.1) is 18.3 Å². The summed E-state index contributed by atoms with van der Waals surface area (Å²) < 4.78 is 16.6. The average Bonchev–Trinajstić information content (AvgIpc) is 3.48. The first-order chi connectivity index (χ1) is 16.3. The summed E-state index contributed by atoms with van der Waals surface area (Å²) in [5.74, 6) is 1.14. The third kappa shape index (κ3) is 5.56. The quantitative estimate of drug-likeness (QED) is 0.483. The highest BCUT2D eigenvalue weighted by Gasteiger charge is 2.44. The second kappa shape index (κ2) is 9.48. The molecule has 6 nitrogen and oxygen atoms in total. The van der Waals surface area contributed by atoms with Gasteiger partial charge in [0, 0.05) is 24.7 Å². The van der Waals surface area contributed by atoms with E-state index in [-0.39, 0.29) is 11.0 Å². The van der Waals surface area contributed by atoms with Crippen LogP contribution in [-0.4, -0.2) is 41.4 Å². The average molecular weight is 502 g/mol. The number of aryl methyl sites for hydroxylation is 1. The summed E-state index contributed by atoms with van der Waals surface area (Å²) in [6.45, 7) is 7.04. The van der Waals surface area contributed by atoms with E-state index in [0.29, 0.717) is 30.5 Å². The van der Waals surface area contributed by atoms with Crippen molar-refractivity contribution in [3.05, 3.63) is 47.2 Å². The molecule has 1 aromatic carbocycles. The molecule has 0 saturated heterocycles. The van der Waals surface area contributed by atoms with Crippen LogP contribution in [0.2, 0.25) is 0 Å². The Balaban J connectivity index is 1.59. The fraction of sp³-hybridized carbons (Fsp3) is 0.630. The number of aromatic nitrogens is 2. The molecule has 2 aliphatic carbocycles. The minimum atomic E-state index is -1.67. The number of amides is 2. The second-order valence-corrected chi connectivity index (χ2v) is 12.7. The molecule has 0 bridgehead atoms. The van der Waals surface area contributed by atoms with Crippen LogP contribution in [0.15, 0.2) is 30.3 Å². The van der Waals surface area contributed by atoms with E-state index in [2.05, 4.69) is 71.4 Å². The highest BCUT2D eigenvalue weighted by Crippen LogP contribution is 2.49. The van der Waals surface area contributed by atoms with Crippen LogP contribution in [0.1, 0.15) is 69.2 Å². The zero-order chi connectivity index (χ0) is 25.6. The van der Waals surface area contributed by atoms with Crippen molar-refractivity contribution in [3.8, 4) is 0 Å². The van der Waals surface area contributed by atoms with Gasteiger partial charge < -0.3 is 5.73 Å². The van der Waals surface area contributed by atoms with Gasteiger partial charge in [0.05, 0.1) is 0 Å². The Morgan fingerprint density at radius 2 is 1.91 bits per heavy atom. The predicted octanol–water partition coefficient (Wildman–Crippen LogP) is 5.54. The number of carbonyl (C=O) groups excluding carboxylic acids is 1. The molecule has 2 unspecified atom stereocenters. The SMILES string of the molecule is Cc1cccc([C@]2(N(C)C)CC[C@](C)(CN(C(N)=O)c3cc(C(C)(F)P)nn3CC3CC3)CC2)c1. The van der Waals surface area contributed by atoms with E-state index in [4.69, 9.17) is 5.73 Å². The Morgan fingerprint density at radius 1 is 1.26 bits per heavy atom. The number of carbonyl (C=O) groups is 1. The molecule has 2 fully saturated rings. The molecule has 2 aliphatic rings. The zero-order valence-electron chi connectivity index (χ0n) is 21.9. The first-order valence-corrected chi connectivity index (χ1v) is 13.3. The third-order valence-electron chi connectivity index (χ3n) is 8.17. The number of anilines is 1. The molecule has 2 amide bonds. The molecule has 2 saturated carbocycles. The van der Waals surface area contributed by atoms with Gasteiger partial charge in [0.1, 0.15) is 11.5 Å². The summed E-state index contributed by atoms with van der Waals surface area (Å²) in [6, 6.07) is 10.0. The van der Waals surface area contributed by atoms with Gasteiger partial charge in [-0.3, -0.25) is 9.80 Å². The van der Waals surface area contributed by atoms with Crippen LogP contribution in [-0.2, 0) is 17.5 Å². The van der Waals surface area contributed by atoms with Crippen LogP contribution >= 0.6 is 9.24 Å². The molecule has 1 aromatic heterocycles. The largest absolute Gasteiger partial charge is 0.351 e. The van der Waals surface area contributed by atoms with E-state index in [0.717, 1.165) is 38.5 Å². The van der Waals surface area contributed by atoms with E-state index in [1.54, 1.807) is 15.6 Å². The summed E-state index contributed by atoms with van der Waals surface area (Å²) in [5, 5.41) is 2.87. The van der Waals surface area contributed by atoms with E-state index < -0.39 is 11.4 Å². The molecule has 1 heterocycles. The number of primary amides is 1. The molecule has 4 rings (SSSR count). The lowest BCUT2D eigenvalue weighted by atomic mass is 9.65. The first kappa shape index (κ1) is 26.1. The van der Waals surface area contributed by atoms with Crippen molar-refractivity contribution in [2.24, 2.45) is 17.1 Å². The van der Waals surface area contributed by atoms with Crippen molar-refractivity contribution in [1.29, 1.82) is 0 Å². The van der Waals surface area contributed by atoms with E-state index in [1.165, 1.54) is 18.1 Å². The number of alkyl halides is 1. The van der Waals surface area contributed by atoms with E-state index >= 15 is 0 Å². The molecular weight excluding hydrogens is 460 g/mol. The Bertz CT molecular complexity index is 1060. The van der Waals surface area contributed by atoms with Crippen LogP contribution in [0.25, 0.3) is 0 Å². The van der Waals surface area contributed by atoms with Crippen LogP contribution in [0.4, 0.5) is 15.0 Å². The molecule has 2 N–H and O–H groups in total. The second-order valence-electron chi connectivity index (χ2n) is 11.6. The van der Waals surface area contributed by atoms with Gasteiger partial charge in [-0.05, 0) is 83.4 Å². The minimum absolute atomic E-state index is 0.0283. The highest BCUT2D eigenvalue weighted by atomic mass is 31.0. The normalized spacial score (nSPS) is 26.5. The number of nitrogens with zero attached hydrogens (tertiary/aromatic N) is 4. The molecule has 2 aromatic rings. The van der Waals surface area contributed by atoms with Crippen molar-refractivity contribution >= 4 is 21.1 Å². The molecule has 8 heteroatoms. The third-order valence-corrected chi connectivity index (χ3v) is 8.46. The molecule has 35 heavy (non-hydrogen) atoms. The van der Waals surface area contributed by atoms with E-state index in [1.807, 2.05) is 0 Å². The highest BCUT2D eigenvalue weighted by molar-refractivity contribution is 7.18.